The molecule has 14 nitrogen and oxygen atoms in total. The minimum atomic E-state index is -4.10. The Morgan fingerprint density at radius 3 is 2.27 bits per heavy atom. The van der Waals surface area contributed by atoms with E-state index in [0.29, 0.717) is 4.31 Å². The van der Waals surface area contributed by atoms with E-state index in [4.69, 9.17) is 14.2 Å². The van der Waals surface area contributed by atoms with E-state index in [1.807, 2.05) is 0 Å². The molecule has 37 heavy (non-hydrogen) atoms. The van der Waals surface area contributed by atoms with E-state index in [0.717, 1.165) is 18.4 Å². The Bertz CT molecular complexity index is 1390. The molecule has 0 atom stereocenters. The number of methoxy groups -OCH3 is 2. The van der Waals surface area contributed by atoms with Crippen molar-refractivity contribution in [1.29, 1.82) is 0 Å². The van der Waals surface area contributed by atoms with Crippen molar-refractivity contribution in [3.8, 4) is 11.5 Å². The maximum Gasteiger partial charge on any atom is 0.271 e. The number of sulfonamides is 2. The minimum absolute atomic E-state index is 0.00726. The summed E-state index contributed by atoms with van der Waals surface area (Å²) in [7, 11) is -5.53. The van der Waals surface area contributed by atoms with Gasteiger partial charge >= 0.3 is 0 Å². The summed E-state index contributed by atoms with van der Waals surface area (Å²) in [6, 6.07) is 7.30. The third-order valence-corrected chi connectivity index (χ3v) is 8.41. The van der Waals surface area contributed by atoms with Crippen molar-refractivity contribution >= 4 is 43.0 Å². The van der Waals surface area contributed by atoms with E-state index in [2.05, 4.69) is 5.32 Å². The van der Waals surface area contributed by atoms with Gasteiger partial charge in [0.2, 0.25) is 26.0 Å². The molecule has 0 aliphatic carbocycles. The molecule has 0 unspecified atom stereocenters. The van der Waals surface area contributed by atoms with Crippen molar-refractivity contribution in [2.75, 3.05) is 62.9 Å². The van der Waals surface area contributed by atoms with Gasteiger partial charge < -0.3 is 19.5 Å². The Labute approximate surface area is 214 Å². The Morgan fingerprint density at radius 2 is 1.70 bits per heavy atom. The van der Waals surface area contributed by atoms with E-state index in [9.17, 15) is 31.7 Å². The molecular weight excluding hydrogens is 532 g/mol. The van der Waals surface area contributed by atoms with Crippen LogP contribution in [0.3, 0.4) is 0 Å². The monoisotopic (exact) mass is 558 g/mol. The van der Waals surface area contributed by atoms with E-state index in [1.165, 1.54) is 42.8 Å². The lowest BCUT2D eigenvalue weighted by Crippen LogP contribution is -2.40. The average molecular weight is 559 g/mol. The van der Waals surface area contributed by atoms with Crippen LogP contribution >= 0.6 is 0 Å². The summed E-state index contributed by atoms with van der Waals surface area (Å²) in [5.74, 6) is -0.783. The Hall–Kier alpha value is -3.47. The number of morpholine rings is 1. The SMILES string of the molecule is COc1ccc([N+](=O)[O-])cc1N(CC(=O)Nc1ccc(OC)c(S(=O)(=O)N2CCOCC2)c1)S(C)(=O)=O. The van der Waals surface area contributed by atoms with Crippen LogP contribution in [-0.2, 0) is 29.6 Å². The summed E-state index contributed by atoms with van der Waals surface area (Å²) in [5.41, 5.74) is -0.547. The zero-order chi connectivity index (χ0) is 27.4. The van der Waals surface area contributed by atoms with Crippen LogP contribution < -0.4 is 19.1 Å². The Kier molecular flexibility index (Phi) is 8.57. The van der Waals surface area contributed by atoms with Crippen LogP contribution in [0.2, 0.25) is 0 Å². The van der Waals surface area contributed by atoms with Gasteiger partial charge in [0.1, 0.15) is 28.6 Å². The number of nitro groups is 1. The van der Waals surface area contributed by atoms with E-state index in [-0.39, 0.29) is 54.1 Å². The molecule has 1 N–H and O–H groups in total. The molecular formula is C21H26N4O10S2. The molecule has 1 saturated heterocycles. The van der Waals surface area contributed by atoms with Gasteiger partial charge in [0.15, 0.2) is 0 Å². The molecule has 1 aliphatic heterocycles. The fourth-order valence-electron chi connectivity index (χ4n) is 3.58. The van der Waals surface area contributed by atoms with Crippen LogP contribution in [0.1, 0.15) is 0 Å². The molecule has 0 spiro atoms. The number of anilines is 2. The first kappa shape index (κ1) is 28.1. The summed E-state index contributed by atoms with van der Waals surface area (Å²) in [6.45, 7) is 0.00162. The molecule has 16 heteroatoms. The normalized spacial score (nSPS) is 14.6. The highest BCUT2D eigenvalue weighted by Gasteiger charge is 2.30. The number of amides is 1. The van der Waals surface area contributed by atoms with Gasteiger partial charge in [-0.2, -0.15) is 4.31 Å². The molecule has 0 saturated carbocycles. The third-order valence-electron chi connectivity index (χ3n) is 5.36. The zero-order valence-electron chi connectivity index (χ0n) is 20.2. The van der Waals surface area contributed by atoms with Gasteiger partial charge in [-0.05, 0) is 24.3 Å². The fourth-order valence-corrected chi connectivity index (χ4v) is 6.02. The summed E-state index contributed by atoms with van der Waals surface area (Å²) in [5, 5.41) is 13.7. The number of nitrogens with one attached hydrogen (secondary N) is 1. The summed E-state index contributed by atoms with van der Waals surface area (Å²) in [6.07, 6.45) is 0.832. The number of carbonyl (C=O) groups excluding carboxylic acids is 1. The second-order valence-electron chi connectivity index (χ2n) is 7.81. The molecule has 1 amide bonds. The highest BCUT2D eigenvalue weighted by molar-refractivity contribution is 7.92. The number of hydrogen-bond donors (Lipinski definition) is 1. The Morgan fingerprint density at radius 1 is 1.08 bits per heavy atom. The number of hydrogen-bond acceptors (Lipinski definition) is 10. The van der Waals surface area contributed by atoms with Gasteiger partial charge in [-0.15, -0.1) is 0 Å². The summed E-state index contributed by atoms with van der Waals surface area (Å²) < 4.78 is 68.8. The standard InChI is InChI=1S/C21H26N4O10S2/c1-33-18-7-5-16(25(27)28)13-17(18)24(36(3,29)30)14-21(26)22-15-4-6-19(34-2)20(12-15)37(31,32)23-8-10-35-11-9-23/h4-7,12-13H,8-11,14H2,1-3H3,(H,22,26). The number of nitro benzene ring substituents is 1. The zero-order valence-corrected chi connectivity index (χ0v) is 21.9. The van der Waals surface area contributed by atoms with Crippen molar-refractivity contribution in [2.24, 2.45) is 0 Å². The molecule has 0 radical (unpaired) electrons. The second-order valence-corrected chi connectivity index (χ2v) is 11.6. The first-order valence-corrected chi connectivity index (χ1v) is 14.0. The van der Waals surface area contributed by atoms with Crippen LogP contribution in [0.4, 0.5) is 17.1 Å². The molecule has 1 heterocycles. The van der Waals surface area contributed by atoms with Gasteiger partial charge in [0, 0.05) is 30.9 Å². The highest BCUT2D eigenvalue weighted by atomic mass is 32.2. The van der Waals surface area contributed by atoms with Gasteiger partial charge in [-0.3, -0.25) is 19.2 Å². The van der Waals surface area contributed by atoms with Crippen LogP contribution in [0.5, 0.6) is 11.5 Å². The third kappa shape index (κ3) is 6.46. The summed E-state index contributed by atoms with van der Waals surface area (Å²) in [4.78, 5) is 23.2. The molecule has 3 rings (SSSR count). The van der Waals surface area contributed by atoms with Crippen LogP contribution in [0.15, 0.2) is 41.3 Å². The molecule has 0 bridgehead atoms. The fraction of sp³-hybridized carbons (Fsp3) is 0.381. The number of nitrogens with zero attached hydrogens (tertiary/aromatic N) is 3. The highest BCUT2D eigenvalue weighted by Crippen LogP contribution is 2.34. The first-order chi connectivity index (χ1) is 17.4. The second kappa shape index (κ2) is 11.3. The van der Waals surface area contributed by atoms with E-state index >= 15 is 0 Å². The predicted molar refractivity (Wildman–Crippen MR) is 133 cm³/mol. The number of non-ortho nitro benzene ring substituents is 1. The largest absolute Gasteiger partial charge is 0.495 e. The van der Waals surface area contributed by atoms with Crippen LogP contribution in [0, 0.1) is 10.1 Å². The summed E-state index contributed by atoms with van der Waals surface area (Å²) >= 11 is 0. The van der Waals surface area contributed by atoms with Crippen molar-refractivity contribution < 1.29 is 40.8 Å². The molecule has 2 aromatic rings. The molecule has 202 valence electrons. The van der Waals surface area contributed by atoms with Crippen molar-refractivity contribution in [2.45, 2.75) is 4.90 Å². The van der Waals surface area contributed by atoms with Crippen molar-refractivity contribution in [1.82, 2.24) is 4.31 Å². The number of carbonyl (C=O) groups is 1. The number of benzene rings is 2. The van der Waals surface area contributed by atoms with E-state index < -0.39 is 43.1 Å². The number of rotatable bonds is 10. The van der Waals surface area contributed by atoms with Gasteiger partial charge in [-0.25, -0.2) is 16.8 Å². The first-order valence-electron chi connectivity index (χ1n) is 10.7. The molecule has 0 aromatic heterocycles. The van der Waals surface area contributed by atoms with Crippen molar-refractivity contribution in [3.63, 3.8) is 0 Å². The molecule has 1 fully saturated rings. The van der Waals surface area contributed by atoms with Crippen LogP contribution in [-0.4, -0.2) is 85.3 Å². The lowest BCUT2D eigenvalue weighted by atomic mass is 10.2. The van der Waals surface area contributed by atoms with E-state index in [1.54, 1.807) is 0 Å². The number of ether oxygens (including phenoxy) is 3. The topological polar surface area (TPSA) is 175 Å². The lowest BCUT2D eigenvalue weighted by molar-refractivity contribution is -0.384. The van der Waals surface area contributed by atoms with Crippen LogP contribution in [0.25, 0.3) is 0 Å². The smallest absolute Gasteiger partial charge is 0.271 e. The van der Waals surface area contributed by atoms with Gasteiger partial charge in [0.25, 0.3) is 5.69 Å². The lowest BCUT2D eigenvalue weighted by Gasteiger charge is -2.27. The minimum Gasteiger partial charge on any atom is -0.495 e. The van der Waals surface area contributed by atoms with Crippen molar-refractivity contribution in [3.05, 3.63) is 46.5 Å². The molecule has 1 aliphatic rings. The van der Waals surface area contributed by atoms with Gasteiger partial charge in [-0.1, -0.05) is 0 Å². The predicted octanol–water partition coefficient (Wildman–Crippen LogP) is 1.04. The Balaban J connectivity index is 1.92. The molecule has 2 aromatic carbocycles. The quantitative estimate of drug-likeness (QED) is 0.328. The maximum atomic E-state index is 13.2. The maximum absolute atomic E-state index is 13.2. The average Bonchev–Trinajstić information content (AvgIpc) is 2.86. The van der Waals surface area contributed by atoms with Gasteiger partial charge in [0.05, 0.1) is 38.6 Å².